The van der Waals surface area contributed by atoms with Gasteiger partial charge in [-0.2, -0.15) is 0 Å². The molecule has 0 bridgehead atoms. The molecule has 4 rings (SSSR count). The minimum Gasteiger partial charge on any atom is -0.463 e. The zero-order valence-electron chi connectivity index (χ0n) is 20.5. The topological polar surface area (TPSA) is 82.2 Å². The van der Waals surface area contributed by atoms with Crippen LogP contribution >= 0.6 is 23.2 Å². The third-order valence-corrected chi connectivity index (χ3v) is 7.19. The Balaban J connectivity index is 1.58. The molecule has 2 aromatic carbocycles. The summed E-state index contributed by atoms with van der Waals surface area (Å²) in [6.07, 6.45) is 0. The zero-order valence-corrected chi connectivity index (χ0v) is 22.0. The molecule has 1 atom stereocenters. The van der Waals surface area contributed by atoms with Crippen molar-refractivity contribution in [3.05, 3.63) is 80.7 Å². The van der Waals surface area contributed by atoms with Crippen molar-refractivity contribution in [3.8, 4) is 0 Å². The van der Waals surface area contributed by atoms with E-state index in [-0.39, 0.29) is 25.1 Å². The summed E-state index contributed by atoms with van der Waals surface area (Å²) in [5, 5.41) is 3.52. The highest BCUT2D eigenvalue weighted by Gasteiger charge is 2.38. The standard InChI is InChI=1S/C26H27Cl2FN4O4/c1-3-37-25(35)22-21(31(2)26(36)30-23(22)16-7-8-19(27)20(28)14-16)15-32-9-11-33(12-10-32)24(34)17-5-4-6-18(29)13-17/h4-8,13-14,23H,3,9-12,15H2,1-2H3,(H,30,36). The van der Waals surface area contributed by atoms with E-state index in [1.165, 1.54) is 23.1 Å². The predicted octanol–water partition coefficient (Wildman–Crippen LogP) is 4.10. The third kappa shape index (κ3) is 5.89. The van der Waals surface area contributed by atoms with Crippen LogP contribution in [-0.4, -0.2) is 79.0 Å². The number of likely N-dealkylation sites (N-methyl/N-ethyl adjacent to an activating group) is 1. The third-order valence-electron chi connectivity index (χ3n) is 6.45. The highest BCUT2D eigenvalue weighted by Crippen LogP contribution is 2.34. The maximum atomic E-state index is 13.6. The average molecular weight is 549 g/mol. The van der Waals surface area contributed by atoms with Gasteiger partial charge in [-0.3, -0.25) is 14.6 Å². The Bertz CT molecular complexity index is 1250. The number of amides is 3. The molecule has 1 saturated heterocycles. The molecular formula is C26H27Cl2FN4O4. The van der Waals surface area contributed by atoms with E-state index >= 15 is 0 Å². The molecule has 1 unspecified atom stereocenters. The molecule has 8 nitrogen and oxygen atoms in total. The second kappa shape index (κ2) is 11.5. The van der Waals surface area contributed by atoms with Crippen molar-refractivity contribution < 1.29 is 23.5 Å². The molecule has 0 saturated carbocycles. The van der Waals surface area contributed by atoms with Gasteiger partial charge in [-0.1, -0.05) is 35.3 Å². The van der Waals surface area contributed by atoms with Crippen LogP contribution in [0.1, 0.15) is 28.9 Å². The quantitative estimate of drug-likeness (QED) is 0.549. The summed E-state index contributed by atoms with van der Waals surface area (Å²) in [5.41, 5.74) is 1.71. The van der Waals surface area contributed by atoms with Crippen molar-refractivity contribution in [2.45, 2.75) is 13.0 Å². The van der Waals surface area contributed by atoms with Gasteiger partial charge in [0.05, 0.1) is 28.3 Å². The number of hydrogen-bond donors (Lipinski definition) is 1. The predicted molar refractivity (Wildman–Crippen MR) is 138 cm³/mol. The summed E-state index contributed by atoms with van der Waals surface area (Å²) in [4.78, 5) is 44.0. The van der Waals surface area contributed by atoms with Gasteiger partial charge in [0.25, 0.3) is 5.91 Å². The first-order valence-electron chi connectivity index (χ1n) is 11.9. The van der Waals surface area contributed by atoms with E-state index in [9.17, 15) is 18.8 Å². The molecule has 1 N–H and O–H groups in total. The SMILES string of the molecule is CCOC(=O)C1=C(CN2CCN(C(=O)c3cccc(F)c3)CC2)N(C)C(=O)NC1c1ccc(Cl)c(Cl)c1. The number of esters is 1. The number of piperazine rings is 1. The Hall–Kier alpha value is -3.14. The molecule has 2 aliphatic heterocycles. The summed E-state index contributed by atoms with van der Waals surface area (Å²) >= 11 is 12.3. The summed E-state index contributed by atoms with van der Waals surface area (Å²) in [7, 11) is 1.60. The van der Waals surface area contributed by atoms with Crippen LogP contribution in [0.5, 0.6) is 0 Å². The summed E-state index contributed by atoms with van der Waals surface area (Å²) in [5.74, 6) is -1.24. The Labute approximate surface area is 224 Å². The summed E-state index contributed by atoms with van der Waals surface area (Å²) in [6, 6.07) is 9.41. The first kappa shape index (κ1) is 26.9. The summed E-state index contributed by atoms with van der Waals surface area (Å²) < 4.78 is 18.9. The molecule has 2 heterocycles. The second-order valence-corrected chi connectivity index (χ2v) is 9.59. The average Bonchev–Trinajstić information content (AvgIpc) is 2.88. The molecule has 0 radical (unpaired) electrons. The van der Waals surface area contributed by atoms with Crippen molar-refractivity contribution in [2.24, 2.45) is 0 Å². The number of carbonyl (C=O) groups is 3. The lowest BCUT2D eigenvalue weighted by Crippen LogP contribution is -2.53. The van der Waals surface area contributed by atoms with Crippen LogP contribution in [0.4, 0.5) is 9.18 Å². The van der Waals surface area contributed by atoms with Crippen LogP contribution in [0, 0.1) is 5.82 Å². The van der Waals surface area contributed by atoms with Crippen molar-refractivity contribution in [1.29, 1.82) is 0 Å². The first-order valence-corrected chi connectivity index (χ1v) is 12.6. The minimum absolute atomic E-state index is 0.169. The van der Waals surface area contributed by atoms with E-state index in [4.69, 9.17) is 27.9 Å². The fourth-order valence-electron chi connectivity index (χ4n) is 4.46. The Morgan fingerprint density at radius 1 is 1.08 bits per heavy atom. The number of ether oxygens (including phenoxy) is 1. The van der Waals surface area contributed by atoms with Gasteiger partial charge in [-0.05, 0) is 42.8 Å². The highest BCUT2D eigenvalue weighted by molar-refractivity contribution is 6.42. The van der Waals surface area contributed by atoms with Gasteiger partial charge in [0, 0.05) is 51.0 Å². The molecule has 37 heavy (non-hydrogen) atoms. The van der Waals surface area contributed by atoms with E-state index in [1.807, 2.05) is 0 Å². The Kier molecular flexibility index (Phi) is 8.36. The normalized spacial score (nSPS) is 18.6. The molecule has 2 aliphatic rings. The number of nitrogens with one attached hydrogen (secondary N) is 1. The first-order chi connectivity index (χ1) is 17.7. The van der Waals surface area contributed by atoms with Crippen LogP contribution < -0.4 is 5.32 Å². The van der Waals surface area contributed by atoms with E-state index in [1.54, 1.807) is 43.1 Å². The fraction of sp³-hybridized carbons (Fsp3) is 0.346. The molecule has 3 amide bonds. The van der Waals surface area contributed by atoms with Crippen molar-refractivity contribution in [1.82, 2.24) is 20.0 Å². The number of hydrogen-bond acceptors (Lipinski definition) is 5. The van der Waals surface area contributed by atoms with Crippen molar-refractivity contribution >= 4 is 41.1 Å². The molecule has 0 spiro atoms. The van der Waals surface area contributed by atoms with E-state index in [0.29, 0.717) is 58.6 Å². The van der Waals surface area contributed by atoms with E-state index in [2.05, 4.69) is 10.2 Å². The second-order valence-electron chi connectivity index (χ2n) is 8.77. The lowest BCUT2D eigenvalue weighted by molar-refractivity contribution is -0.139. The van der Waals surface area contributed by atoms with Crippen LogP contribution in [-0.2, 0) is 9.53 Å². The number of nitrogens with zero attached hydrogens (tertiary/aromatic N) is 3. The smallest absolute Gasteiger partial charge is 0.338 e. The monoisotopic (exact) mass is 548 g/mol. The van der Waals surface area contributed by atoms with Gasteiger partial charge in [0.15, 0.2) is 0 Å². The molecule has 196 valence electrons. The largest absolute Gasteiger partial charge is 0.463 e. The molecular weight excluding hydrogens is 522 g/mol. The van der Waals surface area contributed by atoms with Gasteiger partial charge in [-0.25, -0.2) is 14.0 Å². The molecule has 1 fully saturated rings. The Morgan fingerprint density at radius 3 is 2.46 bits per heavy atom. The fourth-order valence-corrected chi connectivity index (χ4v) is 4.77. The lowest BCUT2D eigenvalue weighted by Gasteiger charge is -2.39. The van der Waals surface area contributed by atoms with Gasteiger partial charge in [0.2, 0.25) is 0 Å². The highest BCUT2D eigenvalue weighted by atomic mass is 35.5. The zero-order chi connectivity index (χ0) is 26.7. The van der Waals surface area contributed by atoms with Gasteiger partial charge in [-0.15, -0.1) is 0 Å². The lowest BCUT2D eigenvalue weighted by atomic mass is 9.94. The number of benzene rings is 2. The van der Waals surface area contributed by atoms with Gasteiger partial charge in [0.1, 0.15) is 5.82 Å². The molecule has 0 aliphatic carbocycles. The van der Waals surface area contributed by atoms with Crippen LogP contribution in [0.3, 0.4) is 0 Å². The van der Waals surface area contributed by atoms with Crippen LogP contribution in [0.15, 0.2) is 53.7 Å². The molecule has 11 heteroatoms. The maximum Gasteiger partial charge on any atom is 0.338 e. The van der Waals surface area contributed by atoms with E-state index in [0.717, 1.165) is 0 Å². The van der Waals surface area contributed by atoms with Crippen molar-refractivity contribution in [3.63, 3.8) is 0 Å². The van der Waals surface area contributed by atoms with Gasteiger partial charge < -0.3 is 15.0 Å². The van der Waals surface area contributed by atoms with Crippen molar-refractivity contribution in [2.75, 3.05) is 46.4 Å². The number of urea groups is 1. The summed E-state index contributed by atoms with van der Waals surface area (Å²) in [6.45, 7) is 4.03. The Morgan fingerprint density at radius 2 is 1.81 bits per heavy atom. The molecule has 0 aromatic heterocycles. The minimum atomic E-state index is -0.775. The van der Waals surface area contributed by atoms with E-state index < -0.39 is 17.8 Å². The van der Waals surface area contributed by atoms with Gasteiger partial charge >= 0.3 is 12.0 Å². The number of carbonyl (C=O) groups excluding carboxylic acids is 3. The maximum absolute atomic E-state index is 13.6. The number of rotatable bonds is 6. The number of halogens is 3. The van der Waals surface area contributed by atoms with Crippen LogP contribution in [0.25, 0.3) is 0 Å². The molecule has 2 aromatic rings. The van der Waals surface area contributed by atoms with Crippen LogP contribution in [0.2, 0.25) is 10.0 Å².